The van der Waals surface area contributed by atoms with Gasteiger partial charge in [-0.05, 0) is 19.8 Å². The molecule has 1 aromatic heterocycles. The van der Waals surface area contributed by atoms with E-state index in [-0.39, 0.29) is 18.4 Å². The number of amides is 1. The molecule has 0 aliphatic heterocycles. The van der Waals surface area contributed by atoms with Crippen molar-refractivity contribution in [1.82, 2.24) is 15.5 Å². The second-order valence-electron chi connectivity index (χ2n) is 5.64. The van der Waals surface area contributed by atoms with Crippen LogP contribution in [0.1, 0.15) is 57.1 Å². The predicted octanol–water partition coefficient (Wildman–Crippen LogP) is 2.01. The van der Waals surface area contributed by atoms with Crippen LogP contribution in [-0.2, 0) is 9.59 Å². The van der Waals surface area contributed by atoms with Gasteiger partial charge in [0.25, 0.3) is 0 Å². The summed E-state index contributed by atoms with van der Waals surface area (Å²) in [6, 6.07) is -0.171. The molecular formula is C14H21N3O3. The number of carbonyl (C=O) groups excluding carboxylic acids is 1. The molecule has 1 heterocycles. The van der Waals surface area contributed by atoms with Crippen LogP contribution < -0.4 is 5.32 Å². The maximum atomic E-state index is 12.1. The van der Waals surface area contributed by atoms with Crippen LogP contribution in [0.4, 0.5) is 0 Å². The number of hydrogen-bond donors (Lipinski definition) is 3. The van der Waals surface area contributed by atoms with Crippen LogP contribution in [0, 0.1) is 5.41 Å². The molecule has 1 unspecified atom stereocenters. The van der Waals surface area contributed by atoms with E-state index in [1.165, 1.54) is 0 Å². The molecular weight excluding hydrogens is 258 g/mol. The Kier molecular flexibility index (Phi) is 4.42. The van der Waals surface area contributed by atoms with Gasteiger partial charge in [-0.15, -0.1) is 0 Å². The summed E-state index contributed by atoms with van der Waals surface area (Å²) in [4.78, 5) is 23.7. The molecule has 1 fully saturated rings. The van der Waals surface area contributed by atoms with Crippen molar-refractivity contribution in [2.45, 2.75) is 51.5 Å². The molecule has 6 nitrogen and oxygen atoms in total. The van der Waals surface area contributed by atoms with Crippen molar-refractivity contribution >= 4 is 11.9 Å². The summed E-state index contributed by atoms with van der Waals surface area (Å²) in [6.07, 6.45) is 7.45. The second-order valence-corrected chi connectivity index (χ2v) is 5.64. The van der Waals surface area contributed by atoms with E-state index in [0.717, 1.165) is 24.8 Å². The smallest absolute Gasteiger partial charge is 0.310 e. The van der Waals surface area contributed by atoms with E-state index in [1.54, 1.807) is 12.4 Å². The third-order valence-corrected chi connectivity index (χ3v) is 4.16. The topological polar surface area (TPSA) is 95.1 Å². The molecule has 1 amide bonds. The van der Waals surface area contributed by atoms with Crippen LogP contribution in [0.15, 0.2) is 12.4 Å². The van der Waals surface area contributed by atoms with E-state index >= 15 is 0 Å². The molecule has 0 spiro atoms. The van der Waals surface area contributed by atoms with Gasteiger partial charge < -0.3 is 10.4 Å². The van der Waals surface area contributed by atoms with Gasteiger partial charge in [-0.3, -0.25) is 14.7 Å². The average molecular weight is 279 g/mol. The minimum atomic E-state index is -0.877. The van der Waals surface area contributed by atoms with Crippen LogP contribution in [0.2, 0.25) is 0 Å². The number of carboxylic acid groups (broad SMARTS) is 1. The highest BCUT2D eigenvalue weighted by atomic mass is 16.4. The molecule has 1 atom stereocenters. The third-order valence-electron chi connectivity index (χ3n) is 4.16. The number of carbonyl (C=O) groups is 2. The molecule has 1 aliphatic carbocycles. The van der Waals surface area contributed by atoms with E-state index in [0.29, 0.717) is 12.8 Å². The average Bonchev–Trinajstić information content (AvgIpc) is 2.93. The Balaban J connectivity index is 1.97. The number of rotatable bonds is 5. The van der Waals surface area contributed by atoms with Crippen LogP contribution >= 0.6 is 0 Å². The number of aromatic amines is 1. The molecule has 0 radical (unpaired) electrons. The second kappa shape index (κ2) is 6.07. The standard InChI is InChI=1S/C14H21N3O3/c1-10(11-8-15-16-9-11)17-12(18)7-14(13(19)20)5-3-2-4-6-14/h8-10H,2-7H2,1H3,(H,15,16)(H,17,18)(H,19,20). The number of nitrogens with zero attached hydrogens (tertiary/aromatic N) is 1. The van der Waals surface area contributed by atoms with Crippen molar-refractivity contribution in [2.24, 2.45) is 5.41 Å². The molecule has 1 aliphatic rings. The summed E-state index contributed by atoms with van der Waals surface area (Å²) < 4.78 is 0. The Morgan fingerprint density at radius 1 is 1.45 bits per heavy atom. The van der Waals surface area contributed by atoms with Crippen LogP contribution in [0.5, 0.6) is 0 Å². The number of hydrogen-bond acceptors (Lipinski definition) is 3. The normalized spacial score (nSPS) is 19.2. The highest BCUT2D eigenvalue weighted by Gasteiger charge is 2.41. The van der Waals surface area contributed by atoms with Gasteiger partial charge in [-0.2, -0.15) is 5.10 Å². The van der Waals surface area contributed by atoms with Crippen molar-refractivity contribution in [3.05, 3.63) is 18.0 Å². The Morgan fingerprint density at radius 2 is 2.15 bits per heavy atom. The van der Waals surface area contributed by atoms with Gasteiger partial charge >= 0.3 is 5.97 Å². The first-order valence-corrected chi connectivity index (χ1v) is 7.05. The maximum absolute atomic E-state index is 12.1. The Labute approximate surface area is 118 Å². The number of aromatic nitrogens is 2. The largest absolute Gasteiger partial charge is 0.481 e. The van der Waals surface area contributed by atoms with Crippen molar-refractivity contribution in [2.75, 3.05) is 0 Å². The molecule has 2 rings (SSSR count). The van der Waals surface area contributed by atoms with Crippen molar-refractivity contribution in [3.63, 3.8) is 0 Å². The molecule has 0 saturated heterocycles. The van der Waals surface area contributed by atoms with Crippen LogP contribution in [-0.4, -0.2) is 27.2 Å². The van der Waals surface area contributed by atoms with Crippen LogP contribution in [0.25, 0.3) is 0 Å². The molecule has 0 aromatic carbocycles. The monoisotopic (exact) mass is 279 g/mol. The van der Waals surface area contributed by atoms with Gasteiger partial charge in [-0.1, -0.05) is 19.3 Å². The van der Waals surface area contributed by atoms with Gasteiger partial charge in [0.05, 0.1) is 17.7 Å². The van der Waals surface area contributed by atoms with Crippen molar-refractivity contribution < 1.29 is 14.7 Å². The maximum Gasteiger partial charge on any atom is 0.310 e. The molecule has 110 valence electrons. The van der Waals surface area contributed by atoms with Gasteiger partial charge in [0.2, 0.25) is 5.91 Å². The fourth-order valence-electron chi connectivity index (χ4n) is 2.88. The zero-order valence-corrected chi connectivity index (χ0v) is 11.7. The highest BCUT2D eigenvalue weighted by molar-refractivity contribution is 5.85. The zero-order chi connectivity index (χ0) is 14.6. The zero-order valence-electron chi connectivity index (χ0n) is 11.7. The number of aliphatic carboxylic acids is 1. The molecule has 3 N–H and O–H groups in total. The summed E-state index contributed by atoms with van der Waals surface area (Å²) in [6.45, 7) is 1.86. The lowest BCUT2D eigenvalue weighted by Crippen LogP contribution is -2.39. The van der Waals surface area contributed by atoms with E-state index < -0.39 is 11.4 Å². The van der Waals surface area contributed by atoms with Crippen LogP contribution in [0.3, 0.4) is 0 Å². The highest BCUT2D eigenvalue weighted by Crippen LogP contribution is 2.39. The lowest BCUT2D eigenvalue weighted by atomic mass is 9.71. The quantitative estimate of drug-likeness (QED) is 0.768. The molecule has 1 aromatic rings. The minimum absolute atomic E-state index is 0.0600. The van der Waals surface area contributed by atoms with E-state index in [9.17, 15) is 14.7 Å². The van der Waals surface area contributed by atoms with Crippen molar-refractivity contribution in [3.8, 4) is 0 Å². The first-order chi connectivity index (χ1) is 9.53. The summed E-state index contributed by atoms with van der Waals surface area (Å²) in [5.74, 6) is -1.05. The molecule has 6 heteroatoms. The predicted molar refractivity (Wildman–Crippen MR) is 72.9 cm³/mol. The minimum Gasteiger partial charge on any atom is -0.481 e. The summed E-state index contributed by atoms with van der Waals surface area (Å²) in [7, 11) is 0. The van der Waals surface area contributed by atoms with E-state index in [2.05, 4.69) is 15.5 Å². The SMILES string of the molecule is CC(NC(=O)CC1(C(=O)O)CCCCC1)c1cn[nH]c1. The van der Waals surface area contributed by atoms with E-state index in [1.807, 2.05) is 6.92 Å². The van der Waals surface area contributed by atoms with Gasteiger partial charge in [0, 0.05) is 18.2 Å². The fourth-order valence-corrected chi connectivity index (χ4v) is 2.88. The molecule has 0 bridgehead atoms. The van der Waals surface area contributed by atoms with E-state index in [4.69, 9.17) is 0 Å². The molecule has 20 heavy (non-hydrogen) atoms. The Bertz CT molecular complexity index is 464. The number of H-pyrrole nitrogens is 1. The number of carboxylic acids is 1. The first kappa shape index (κ1) is 14.6. The summed E-state index contributed by atoms with van der Waals surface area (Å²) in [5, 5.41) is 18.8. The lowest BCUT2D eigenvalue weighted by molar-refractivity contribution is -0.154. The Hall–Kier alpha value is -1.85. The number of nitrogens with one attached hydrogen (secondary N) is 2. The summed E-state index contributed by atoms with van der Waals surface area (Å²) >= 11 is 0. The first-order valence-electron chi connectivity index (χ1n) is 7.05. The fraction of sp³-hybridized carbons (Fsp3) is 0.643. The summed E-state index contributed by atoms with van der Waals surface area (Å²) in [5.41, 5.74) is 0.00436. The Morgan fingerprint density at radius 3 is 2.70 bits per heavy atom. The van der Waals surface area contributed by atoms with Crippen molar-refractivity contribution in [1.29, 1.82) is 0 Å². The lowest BCUT2D eigenvalue weighted by Gasteiger charge is -2.32. The van der Waals surface area contributed by atoms with Gasteiger partial charge in [0.15, 0.2) is 0 Å². The third kappa shape index (κ3) is 3.18. The van der Waals surface area contributed by atoms with Gasteiger partial charge in [-0.25, -0.2) is 0 Å². The molecule has 1 saturated carbocycles. The van der Waals surface area contributed by atoms with Gasteiger partial charge in [0.1, 0.15) is 0 Å².